The van der Waals surface area contributed by atoms with Crippen LogP contribution in [0.15, 0.2) is 54.9 Å². The molecule has 5 rings (SSSR count). The lowest BCUT2D eigenvalue weighted by Gasteiger charge is -2.37. The Morgan fingerprint density at radius 3 is 2.69 bits per heavy atom. The standard InChI is InChI=1S/C25H28FN3O3/c1-28-15-19(12-27-28)23-16-32-24-10-20(30)4-7-22(24)25(23)18-2-5-21(6-3-18)31-9-8-29-13-17(11-26)14-29/h2-7,10,12,15,17,23,25,30H,8-9,11,13-14,16H2,1H3. The predicted octanol–water partition coefficient (Wildman–Crippen LogP) is 3.71. The lowest BCUT2D eigenvalue weighted by molar-refractivity contribution is 0.0668. The number of ether oxygens (including phenoxy) is 2. The second kappa shape index (κ2) is 8.82. The first kappa shape index (κ1) is 20.8. The number of aromatic hydroxyl groups is 1. The number of rotatable bonds is 7. The average Bonchev–Trinajstić information content (AvgIpc) is 3.21. The van der Waals surface area contributed by atoms with Gasteiger partial charge >= 0.3 is 0 Å². The highest BCUT2D eigenvalue weighted by molar-refractivity contribution is 5.50. The van der Waals surface area contributed by atoms with Gasteiger partial charge in [-0.1, -0.05) is 18.2 Å². The van der Waals surface area contributed by atoms with E-state index in [1.165, 1.54) is 0 Å². The van der Waals surface area contributed by atoms with Crippen LogP contribution in [0.4, 0.5) is 4.39 Å². The molecule has 0 aliphatic carbocycles. The summed E-state index contributed by atoms with van der Waals surface area (Å²) in [6.45, 7) is 3.35. The summed E-state index contributed by atoms with van der Waals surface area (Å²) in [4.78, 5) is 2.21. The Morgan fingerprint density at radius 1 is 1.16 bits per heavy atom. The molecule has 0 saturated carbocycles. The summed E-state index contributed by atoms with van der Waals surface area (Å²) in [5.41, 5.74) is 3.34. The molecule has 0 bridgehead atoms. The monoisotopic (exact) mass is 437 g/mol. The molecule has 0 radical (unpaired) electrons. The van der Waals surface area contributed by atoms with Crippen molar-refractivity contribution in [3.05, 3.63) is 71.5 Å². The molecule has 3 aromatic rings. The van der Waals surface area contributed by atoms with Gasteiger partial charge in [0.1, 0.15) is 23.9 Å². The minimum Gasteiger partial charge on any atom is -0.508 e. The number of phenols is 1. The summed E-state index contributed by atoms with van der Waals surface area (Å²) < 4.78 is 26.3. The number of benzene rings is 2. The van der Waals surface area contributed by atoms with Gasteiger partial charge in [-0.05, 0) is 29.3 Å². The number of halogens is 1. The first-order chi connectivity index (χ1) is 15.6. The van der Waals surface area contributed by atoms with E-state index in [2.05, 4.69) is 22.1 Å². The third-order valence-corrected chi connectivity index (χ3v) is 6.47. The normalized spacial score (nSPS) is 20.9. The smallest absolute Gasteiger partial charge is 0.126 e. The SMILES string of the molecule is Cn1cc(C2COc3cc(O)ccc3C2c2ccc(OCCN3CC(CF)C3)cc2)cn1. The van der Waals surface area contributed by atoms with Crippen molar-refractivity contribution < 1.29 is 19.0 Å². The summed E-state index contributed by atoms with van der Waals surface area (Å²) >= 11 is 0. The van der Waals surface area contributed by atoms with E-state index in [0.29, 0.717) is 13.2 Å². The molecule has 32 heavy (non-hydrogen) atoms. The van der Waals surface area contributed by atoms with Crippen molar-refractivity contribution in [2.24, 2.45) is 13.0 Å². The zero-order chi connectivity index (χ0) is 22.1. The molecule has 1 fully saturated rings. The van der Waals surface area contributed by atoms with Crippen LogP contribution in [0.5, 0.6) is 17.2 Å². The molecule has 2 unspecified atom stereocenters. The van der Waals surface area contributed by atoms with Gasteiger partial charge in [0, 0.05) is 62.3 Å². The Labute approximate surface area is 187 Å². The minimum atomic E-state index is -0.228. The van der Waals surface area contributed by atoms with Crippen LogP contribution >= 0.6 is 0 Å². The number of aromatic nitrogens is 2. The van der Waals surface area contributed by atoms with Crippen molar-refractivity contribution in [3.63, 3.8) is 0 Å². The lowest BCUT2D eigenvalue weighted by atomic mass is 9.76. The third kappa shape index (κ3) is 4.17. The molecule has 2 aliphatic rings. The number of hydrogen-bond acceptors (Lipinski definition) is 5. The van der Waals surface area contributed by atoms with Gasteiger partial charge in [-0.3, -0.25) is 14.0 Å². The van der Waals surface area contributed by atoms with E-state index < -0.39 is 0 Å². The zero-order valence-corrected chi connectivity index (χ0v) is 18.2. The van der Waals surface area contributed by atoms with Gasteiger partial charge in [-0.25, -0.2) is 0 Å². The van der Waals surface area contributed by atoms with Crippen LogP contribution in [0.3, 0.4) is 0 Å². The topological polar surface area (TPSA) is 59.8 Å². The molecule has 7 heteroatoms. The Hall–Kier alpha value is -3.06. The molecule has 3 heterocycles. The van der Waals surface area contributed by atoms with E-state index in [1.54, 1.807) is 12.1 Å². The van der Waals surface area contributed by atoms with Gasteiger partial charge in [0.2, 0.25) is 0 Å². The molecule has 0 amide bonds. The van der Waals surface area contributed by atoms with Crippen molar-refractivity contribution in [2.45, 2.75) is 11.8 Å². The number of alkyl halides is 1. The summed E-state index contributed by atoms with van der Waals surface area (Å²) in [5.74, 6) is 2.14. The molecule has 2 aliphatic heterocycles. The van der Waals surface area contributed by atoms with Gasteiger partial charge in [-0.15, -0.1) is 0 Å². The highest BCUT2D eigenvalue weighted by Gasteiger charge is 2.34. The molecule has 2 aromatic carbocycles. The summed E-state index contributed by atoms with van der Waals surface area (Å²) in [5, 5.41) is 14.3. The number of nitrogens with zero attached hydrogens (tertiary/aromatic N) is 3. The molecular weight excluding hydrogens is 409 g/mol. The largest absolute Gasteiger partial charge is 0.508 e. The number of likely N-dealkylation sites (tertiary alicyclic amines) is 1. The summed E-state index contributed by atoms with van der Waals surface area (Å²) in [6, 6.07) is 13.6. The molecule has 0 spiro atoms. The maximum Gasteiger partial charge on any atom is 0.126 e. The van der Waals surface area contributed by atoms with Crippen LogP contribution in [-0.2, 0) is 7.05 Å². The number of aryl methyl sites for hydroxylation is 1. The van der Waals surface area contributed by atoms with Crippen molar-refractivity contribution >= 4 is 0 Å². The number of phenolic OH excluding ortho intramolecular Hbond substituents is 1. The fraction of sp³-hybridized carbons (Fsp3) is 0.400. The quantitative estimate of drug-likeness (QED) is 0.611. The zero-order valence-electron chi connectivity index (χ0n) is 18.2. The van der Waals surface area contributed by atoms with Crippen molar-refractivity contribution in [3.8, 4) is 17.2 Å². The van der Waals surface area contributed by atoms with Gasteiger partial charge < -0.3 is 14.6 Å². The maximum absolute atomic E-state index is 12.6. The highest BCUT2D eigenvalue weighted by Crippen LogP contribution is 2.47. The summed E-state index contributed by atoms with van der Waals surface area (Å²) in [7, 11) is 1.91. The highest BCUT2D eigenvalue weighted by atomic mass is 19.1. The Morgan fingerprint density at radius 2 is 1.97 bits per heavy atom. The van der Waals surface area contributed by atoms with Crippen molar-refractivity contribution in [2.75, 3.05) is 39.5 Å². The van der Waals surface area contributed by atoms with Crippen LogP contribution in [0.1, 0.15) is 28.5 Å². The Bertz CT molecular complexity index is 1060. The Kier molecular flexibility index (Phi) is 5.74. The van der Waals surface area contributed by atoms with E-state index in [4.69, 9.17) is 9.47 Å². The van der Waals surface area contributed by atoms with Crippen LogP contribution in [0.25, 0.3) is 0 Å². The molecule has 2 atom stereocenters. The van der Waals surface area contributed by atoms with E-state index in [9.17, 15) is 9.50 Å². The fourth-order valence-electron chi connectivity index (χ4n) is 4.75. The molecule has 6 nitrogen and oxygen atoms in total. The fourth-order valence-corrected chi connectivity index (χ4v) is 4.75. The van der Waals surface area contributed by atoms with Crippen LogP contribution in [0, 0.1) is 5.92 Å². The summed E-state index contributed by atoms with van der Waals surface area (Å²) in [6.07, 6.45) is 3.93. The molecule has 1 aromatic heterocycles. The van der Waals surface area contributed by atoms with Crippen molar-refractivity contribution in [1.29, 1.82) is 0 Å². The van der Waals surface area contributed by atoms with Gasteiger partial charge in [0.05, 0.1) is 19.5 Å². The predicted molar refractivity (Wildman–Crippen MR) is 119 cm³/mol. The van der Waals surface area contributed by atoms with Crippen LogP contribution in [-0.4, -0.2) is 59.3 Å². The first-order valence-corrected chi connectivity index (χ1v) is 11.1. The third-order valence-electron chi connectivity index (χ3n) is 6.47. The molecule has 1 saturated heterocycles. The Balaban J connectivity index is 1.33. The van der Waals surface area contributed by atoms with E-state index >= 15 is 0 Å². The van der Waals surface area contributed by atoms with Crippen LogP contribution < -0.4 is 9.47 Å². The number of hydrogen-bond donors (Lipinski definition) is 1. The second-order valence-corrected chi connectivity index (χ2v) is 8.76. The van der Waals surface area contributed by atoms with E-state index in [-0.39, 0.29) is 30.2 Å². The minimum absolute atomic E-state index is 0.0799. The number of fused-ring (bicyclic) bond motifs is 1. The molecule has 168 valence electrons. The van der Waals surface area contributed by atoms with Crippen LogP contribution in [0.2, 0.25) is 0 Å². The maximum atomic E-state index is 12.6. The van der Waals surface area contributed by atoms with Crippen molar-refractivity contribution in [1.82, 2.24) is 14.7 Å². The average molecular weight is 438 g/mol. The van der Waals surface area contributed by atoms with E-state index in [0.717, 1.165) is 47.8 Å². The second-order valence-electron chi connectivity index (χ2n) is 8.76. The van der Waals surface area contributed by atoms with E-state index in [1.807, 2.05) is 42.3 Å². The van der Waals surface area contributed by atoms with Gasteiger partial charge in [0.25, 0.3) is 0 Å². The van der Waals surface area contributed by atoms with Gasteiger partial charge in [-0.2, -0.15) is 5.10 Å². The van der Waals surface area contributed by atoms with Gasteiger partial charge in [0.15, 0.2) is 0 Å². The molecule has 1 N–H and O–H groups in total. The first-order valence-electron chi connectivity index (χ1n) is 11.1. The lowest BCUT2D eigenvalue weighted by Crippen LogP contribution is -2.49. The molecular formula is C25H28FN3O3.